The average molecular weight is 343 g/mol. The highest BCUT2D eigenvalue weighted by Gasteiger charge is 2.33. The summed E-state index contributed by atoms with van der Waals surface area (Å²) in [7, 11) is -3.88. The SMILES string of the molecule is Cc1ccc(S(=O)(=O)[C@H](CN)c2cccc(C(F)(F)F)c2)cc1. The fourth-order valence-corrected chi connectivity index (χ4v) is 3.85. The number of rotatable bonds is 4. The van der Waals surface area contributed by atoms with Crippen molar-refractivity contribution in [1.82, 2.24) is 0 Å². The van der Waals surface area contributed by atoms with Crippen molar-refractivity contribution in [3.8, 4) is 0 Å². The molecule has 0 saturated carbocycles. The lowest BCUT2D eigenvalue weighted by atomic mass is 10.1. The van der Waals surface area contributed by atoms with Crippen LogP contribution >= 0.6 is 0 Å². The summed E-state index contributed by atoms with van der Waals surface area (Å²) in [5.41, 5.74) is 5.57. The highest BCUT2D eigenvalue weighted by Crippen LogP contribution is 2.34. The summed E-state index contributed by atoms with van der Waals surface area (Å²) >= 11 is 0. The Kier molecular flexibility index (Phi) is 4.81. The lowest BCUT2D eigenvalue weighted by Gasteiger charge is -2.18. The van der Waals surface area contributed by atoms with Crippen LogP contribution in [0.15, 0.2) is 53.4 Å². The molecule has 0 aliphatic carbocycles. The molecule has 0 heterocycles. The molecule has 0 saturated heterocycles. The van der Waals surface area contributed by atoms with Crippen LogP contribution in [0.5, 0.6) is 0 Å². The van der Waals surface area contributed by atoms with E-state index in [1.54, 1.807) is 12.1 Å². The zero-order valence-corrected chi connectivity index (χ0v) is 13.2. The first-order valence-electron chi connectivity index (χ1n) is 6.84. The Morgan fingerprint density at radius 1 is 1.09 bits per heavy atom. The smallest absolute Gasteiger partial charge is 0.329 e. The first-order valence-corrected chi connectivity index (χ1v) is 8.38. The third-order valence-corrected chi connectivity index (χ3v) is 5.67. The van der Waals surface area contributed by atoms with Gasteiger partial charge in [0.1, 0.15) is 5.25 Å². The van der Waals surface area contributed by atoms with E-state index in [1.165, 1.54) is 24.3 Å². The van der Waals surface area contributed by atoms with E-state index in [2.05, 4.69) is 0 Å². The van der Waals surface area contributed by atoms with Gasteiger partial charge in [0, 0.05) is 6.54 Å². The number of hydrogen-bond acceptors (Lipinski definition) is 3. The van der Waals surface area contributed by atoms with Crippen molar-refractivity contribution < 1.29 is 21.6 Å². The minimum Gasteiger partial charge on any atom is -0.329 e. The quantitative estimate of drug-likeness (QED) is 0.924. The lowest BCUT2D eigenvalue weighted by Crippen LogP contribution is -2.22. The van der Waals surface area contributed by atoms with Crippen molar-refractivity contribution in [2.24, 2.45) is 5.73 Å². The molecule has 0 spiro atoms. The average Bonchev–Trinajstić information content (AvgIpc) is 2.47. The zero-order valence-electron chi connectivity index (χ0n) is 12.3. The van der Waals surface area contributed by atoms with Crippen LogP contribution < -0.4 is 5.73 Å². The molecular weight excluding hydrogens is 327 g/mol. The number of hydrogen-bond donors (Lipinski definition) is 1. The van der Waals surface area contributed by atoms with Crippen LogP contribution in [0.4, 0.5) is 13.2 Å². The Morgan fingerprint density at radius 3 is 2.22 bits per heavy atom. The Bertz CT molecular complexity index is 784. The first-order chi connectivity index (χ1) is 10.7. The molecule has 0 bridgehead atoms. The predicted octanol–water partition coefficient (Wildman–Crippen LogP) is 3.49. The van der Waals surface area contributed by atoms with E-state index in [1.807, 2.05) is 6.92 Å². The molecule has 0 amide bonds. The summed E-state index contributed by atoms with van der Waals surface area (Å²) in [6, 6.07) is 10.4. The van der Waals surface area contributed by atoms with E-state index < -0.39 is 26.8 Å². The van der Waals surface area contributed by atoms with Crippen molar-refractivity contribution in [3.63, 3.8) is 0 Å². The van der Waals surface area contributed by atoms with Crippen LogP contribution in [0, 0.1) is 6.92 Å². The molecular formula is C16H16F3NO2S. The van der Waals surface area contributed by atoms with Gasteiger partial charge in [0.05, 0.1) is 10.5 Å². The largest absolute Gasteiger partial charge is 0.416 e. The van der Waals surface area contributed by atoms with E-state index in [4.69, 9.17) is 5.73 Å². The summed E-state index contributed by atoms with van der Waals surface area (Å²) in [5.74, 6) is 0. The molecule has 0 aliphatic rings. The van der Waals surface area contributed by atoms with E-state index >= 15 is 0 Å². The van der Waals surface area contributed by atoms with Crippen LogP contribution in [0.3, 0.4) is 0 Å². The second-order valence-corrected chi connectivity index (χ2v) is 7.34. The number of halogens is 3. The molecule has 0 aliphatic heterocycles. The molecule has 124 valence electrons. The first kappa shape index (κ1) is 17.5. The second-order valence-electron chi connectivity index (χ2n) is 5.21. The van der Waals surface area contributed by atoms with Gasteiger partial charge in [-0.2, -0.15) is 13.2 Å². The number of nitrogens with two attached hydrogens (primary N) is 1. The van der Waals surface area contributed by atoms with Gasteiger partial charge in [0.15, 0.2) is 9.84 Å². The lowest BCUT2D eigenvalue weighted by molar-refractivity contribution is -0.137. The third kappa shape index (κ3) is 3.73. The van der Waals surface area contributed by atoms with Crippen LogP contribution in [-0.2, 0) is 16.0 Å². The molecule has 7 heteroatoms. The van der Waals surface area contributed by atoms with Crippen molar-refractivity contribution in [3.05, 3.63) is 65.2 Å². The molecule has 0 radical (unpaired) electrons. The van der Waals surface area contributed by atoms with Crippen LogP contribution in [0.1, 0.15) is 21.9 Å². The minimum absolute atomic E-state index is 0.0305. The van der Waals surface area contributed by atoms with Gasteiger partial charge in [-0.25, -0.2) is 8.42 Å². The monoisotopic (exact) mass is 343 g/mol. The van der Waals surface area contributed by atoms with Gasteiger partial charge in [-0.1, -0.05) is 35.9 Å². The maximum Gasteiger partial charge on any atom is 0.416 e. The molecule has 3 nitrogen and oxygen atoms in total. The minimum atomic E-state index is -4.54. The number of alkyl halides is 3. The maximum absolute atomic E-state index is 12.8. The summed E-state index contributed by atoms with van der Waals surface area (Å²) in [4.78, 5) is 0.0379. The highest BCUT2D eigenvalue weighted by molar-refractivity contribution is 7.91. The topological polar surface area (TPSA) is 60.2 Å². The Labute approximate surface area is 132 Å². The second kappa shape index (κ2) is 6.33. The van der Waals surface area contributed by atoms with Gasteiger partial charge in [-0.3, -0.25) is 0 Å². The Morgan fingerprint density at radius 2 is 1.70 bits per heavy atom. The van der Waals surface area contributed by atoms with E-state index in [0.717, 1.165) is 17.7 Å². The van der Waals surface area contributed by atoms with Crippen molar-refractivity contribution in [2.75, 3.05) is 6.54 Å². The molecule has 2 aromatic carbocycles. The molecule has 2 N–H and O–H groups in total. The van der Waals surface area contributed by atoms with Crippen molar-refractivity contribution >= 4 is 9.84 Å². The molecule has 23 heavy (non-hydrogen) atoms. The number of aryl methyl sites for hydroxylation is 1. The maximum atomic E-state index is 12.8. The van der Waals surface area contributed by atoms with Crippen LogP contribution in [0.25, 0.3) is 0 Å². The van der Waals surface area contributed by atoms with Gasteiger partial charge in [0.25, 0.3) is 0 Å². The number of benzene rings is 2. The zero-order chi connectivity index (χ0) is 17.3. The van der Waals surface area contributed by atoms with Gasteiger partial charge >= 0.3 is 6.18 Å². The fraction of sp³-hybridized carbons (Fsp3) is 0.250. The van der Waals surface area contributed by atoms with Gasteiger partial charge in [-0.05, 0) is 30.7 Å². The van der Waals surface area contributed by atoms with E-state index in [0.29, 0.717) is 0 Å². The Hall–Kier alpha value is -1.86. The summed E-state index contributed by atoms with van der Waals surface area (Å²) in [6.45, 7) is 1.50. The summed E-state index contributed by atoms with van der Waals surface area (Å²) in [6.07, 6.45) is -4.54. The van der Waals surface area contributed by atoms with Crippen LogP contribution in [0.2, 0.25) is 0 Å². The third-order valence-electron chi connectivity index (χ3n) is 3.52. The van der Waals surface area contributed by atoms with E-state index in [9.17, 15) is 21.6 Å². The Balaban J connectivity index is 2.49. The standard InChI is InChI=1S/C16H16F3NO2S/c1-11-5-7-14(8-6-11)23(21,22)15(10-20)12-3-2-4-13(9-12)16(17,18)19/h2-9,15H,10,20H2,1H3/t15-/m1/s1. The highest BCUT2D eigenvalue weighted by atomic mass is 32.2. The summed E-state index contributed by atoms with van der Waals surface area (Å²) in [5, 5.41) is -1.23. The van der Waals surface area contributed by atoms with Gasteiger partial charge in [0.2, 0.25) is 0 Å². The molecule has 0 unspecified atom stereocenters. The molecule has 1 atom stereocenters. The molecule has 0 fully saturated rings. The predicted molar refractivity (Wildman–Crippen MR) is 81.6 cm³/mol. The van der Waals surface area contributed by atoms with Crippen LogP contribution in [-0.4, -0.2) is 15.0 Å². The molecule has 0 aromatic heterocycles. The van der Waals surface area contributed by atoms with Crippen molar-refractivity contribution in [2.45, 2.75) is 23.2 Å². The summed E-state index contributed by atoms with van der Waals surface area (Å²) < 4.78 is 63.8. The molecule has 2 rings (SSSR count). The van der Waals surface area contributed by atoms with Gasteiger partial charge in [-0.15, -0.1) is 0 Å². The van der Waals surface area contributed by atoms with Crippen molar-refractivity contribution in [1.29, 1.82) is 0 Å². The van der Waals surface area contributed by atoms with E-state index in [-0.39, 0.29) is 17.0 Å². The fourth-order valence-electron chi connectivity index (χ4n) is 2.25. The normalized spacial score (nSPS) is 13.8. The number of sulfone groups is 1. The molecule has 2 aromatic rings. The van der Waals surface area contributed by atoms with Gasteiger partial charge < -0.3 is 5.73 Å².